The van der Waals surface area contributed by atoms with E-state index in [1.807, 2.05) is 7.11 Å². The Morgan fingerprint density at radius 3 is 1.29 bits per heavy atom. The van der Waals surface area contributed by atoms with Crippen LogP contribution in [-0.4, -0.2) is 66.5 Å². The van der Waals surface area contributed by atoms with Crippen molar-refractivity contribution in [1.29, 1.82) is 0 Å². The molecule has 0 fully saturated rings. The molecule has 0 radical (unpaired) electrons. The van der Waals surface area contributed by atoms with E-state index in [1.165, 1.54) is 24.2 Å². The van der Waals surface area contributed by atoms with Gasteiger partial charge in [-0.1, -0.05) is 25.7 Å². The maximum atomic E-state index is 6.65. The first kappa shape index (κ1) is 29.4. The van der Waals surface area contributed by atoms with E-state index in [0.29, 0.717) is 0 Å². The van der Waals surface area contributed by atoms with Crippen LogP contribution >= 0.6 is 0 Å². The van der Waals surface area contributed by atoms with Crippen molar-refractivity contribution in [2.45, 2.75) is 103 Å². The van der Waals surface area contributed by atoms with Crippen molar-refractivity contribution in [3.8, 4) is 0 Å². The highest BCUT2D eigenvalue weighted by Crippen LogP contribution is 2.27. The molecule has 28 heavy (non-hydrogen) atoms. The highest BCUT2D eigenvalue weighted by atomic mass is 29.2. The van der Waals surface area contributed by atoms with Gasteiger partial charge in [-0.15, -0.1) is 0 Å². The minimum Gasteiger partial charge on any atom is -0.458 e. The fourth-order valence-electron chi connectivity index (χ4n) is 3.49. The summed E-state index contributed by atoms with van der Waals surface area (Å²) in [6.07, 6.45) is 0. The van der Waals surface area contributed by atoms with E-state index in [4.69, 9.17) is 16.8 Å². The minimum atomic E-state index is -1.69. The highest BCUT2D eigenvalue weighted by Gasteiger charge is 2.36. The van der Waals surface area contributed by atoms with Gasteiger partial charge in [0, 0.05) is 7.11 Å². The number of hydrogen-bond acceptors (Lipinski definition) is 4. The topological polar surface area (TPSA) is 36.9 Å². The molecule has 0 saturated heterocycles. The summed E-state index contributed by atoms with van der Waals surface area (Å²) >= 11 is 0. The summed E-state index contributed by atoms with van der Waals surface area (Å²) in [5.74, 6) is 0. The average molecular weight is 515 g/mol. The predicted octanol–water partition coefficient (Wildman–Crippen LogP) is 5.27. The molecule has 0 N–H and O–H groups in total. The van der Waals surface area contributed by atoms with Gasteiger partial charge in [0.2, 0.25) is 0 Å². The standard InChI is InChI=1S/C17H50O4Si7/c1-18-24(5)28(12,13)17-16-27(10,11)21-23(4)20-26(8,9)15-14-25(6,7)19-22(2)3/h22-24H,14-17H2,1-13H3. The van der Waals surface area contributed by atoms with E-state index < -0.39 is 59.4 Å². The van der Waals surface area contributed by atoms with Gasteiger partial charge in [0.15, 0.2) is 42.6 Å². The van der Waals surface area contributed by atoms with Crippen LogP contribution in [0.25, 0.3) is 0 Å². The molecule has 0 amide bonds. The molecule has 4 nitrogen and oxygen atoms in total. The third-order valence-corrected chi connectivity index (χ3v) is 35.9. The van der Waals surface area contributed by atoms with Gasteiger partial charge in [0.1, 0.15) is 0 Å². The normalized spacial score (nSPS) is 16.5. The van der Waals surface area contributed by atoms with E-state index >= 15 is 0 Å². The third-order valence-electron chi connectivity index (χ3n) is 5.68. The Bertz CT molecular complexity index is 459. The lowest BCUT2D eigenvalue weighted by molar-refractivity contribution is 0.420. The van der Waals surface area contributed by atoms with Crippen LogP contribution in [0.15, 0.2) is 0 Å². The zero-order chi connectivity index (χ0) is 22.4. The van der Waals surface area contributed by atoms with Crippen LogP contribution in [0.1, 0.15) is 0 Å². The van der Waals surface area contributed by atoms with Crippen molar-refractivity contribution in [3.63, 3.8) is 0 Å². The van der Waals surface area contributed by atoms with Gasteiger partial charge in [-0.3, -0.25) is 0 Å². The van der Waals surface area contributed by atoms with Crippen molar-refractivity contribution < 1.29 is 16.8 Å². The van der Waals surface area contributed by atoms with Crippen LogP contribution in [0.5, 0.6) is 0 Å². The smallest absolute Gasteiger partial charge is 0.297 e. The van der Waals surface area contributed by atoms with Crippen molar-refractivity contribution in [2.24, 2.45) is 0 Å². The molecule has 0 aromatic rings. The van der Waals surface area contributed by atoms with Crippen LogP contribution in [0, 0.1) is 0 Å². The fraction of sp³-hybridized carbons (Fsp3) is 1.00. The van der Waals surface area contributed by atoms with Crippen molar-refractivity contribution >= 4 is 59.4 Å². The quantitative estimate of drug-likeness (QED) is 0.296. The molecule has 2 atom stereocenters. The first-order chi connectivity index (χ1) is 12.4. The Kier molecular flexibility index (Phi) is 12.4. The van der Waals surface area contributed by atoms with Crippen molar-refractivity contribution in [1.82, 2.24) is 0 Å². The molecular formula is C17H50O4Si7. The van der Waals surface area contributed by atoms with Crippen LogP contribution < -0.4 is 0 Å². The molecule has 0 aliphatic rings. The highest BCUT2D eigenvalue weighted by molar-refractivity contribution is 7.29. The molecule has 0 rings (SSSR count). The van der Waals surface area contributed by atoms with Gasteiger partial charge in [-0.2, -0.15) is 0 Å². The van der Waals surface area contributed by atoms with E-state index in [2.05, 4.69) is 78.6 Å². The molecule has 0 spiro atoms. The average Bonchev–Trinajstić information content (AvgIpc) is 2.48. The summed E-state index contributed by atoms with van der Waals surface area (Å²) in [5, 5.41) is 0. The maximum Gasteiger partial charge on any atom is 0.297 e. The van der Waals surface area contributed by atoms with E-state index in [9.17, 15) is 0 Å². The zero-order valence-electron chi connectivity index (χ0n) is 21.2. The molecule has 0 aliphatic heterocycles. The molecule has 0 saturated carbocycles. The first-order valence-corrected chi connectivity index (χ1v) is 31.8. The molecule has 11 heteroatoms. The predicted molar refractivity (Wildman–Crippen MR) is 144 cm³/mol. The summed E-state index contributed by atoms with van der Waals surface area (Å²) in [6.45, 7) is 28.4. The second-order valence-corrected chi connectivity index (χ2v) is 42.6. The molecule has 0 heterocycles. The molecule has 2 unspecified atom stereocenters. The molecule has 0 aromatic heterocycles. The first-order valence-electron chi connectivity index (χ1n) is 11.0. The van der Waals surface area contributed by atoms with Gasteiger partial charge in [0.25, 0.3) is 9.28 Å². The summed E-state index contributed by atoms with van der Waals surface area (Å²) in [5.41, 5.74) is 0. The van der Waals surface area contributed by atoms with Gasteiger partial charge in [0.05, 0.1) is 7.59 Å². The maximum absolute atomic E-state index is 6.65. The van der Waals surface area contributed by atoms with Gasteiger partial charge >= 0.3 is 0 Å². The largest absolute Gasteiger partial charge is 0.458 e. The van der Waals surface area contributed by atoms with Crippen LogP contribution in [0.4, 0.5) is 0 Å². The van der Waals surface area contributed by atoms with Gasteiger partial charge in [-0.25, -0.2) is 0 Å². The zero-order valence-corrected chi connectivity index (χ0v) is 28.7. The molecule has 170 valence electrons. The van der Waals surface area contributed by atoms with Crippen LogP contribution in [0.3, 0.4) is 0 Å². The Balaban J connectivity index is 4.61. The Morgan fingerprint density at radius 2 is 0.929 bits per heavy atom. The minimum absolute atomic E-state index is 0.948. The second-order valence-electron chi connectivity index (χ2n) is 11.1. The number of hydrogen-bond donors (Lipinski definition) is 0. The molecule has 0 aromatic carbocycles. The summed E-state index contributed by atoms with van der Waals surface area (Å²) < 4.78 is 25.4. The SMILES string of the molecule is CO[SiH](C)[Si](C)(C)CC[Si](C)(C)O[SiH](C)O[Si](C)(C)CC[Si](C)(C)O[SiH](C)C. The lowest BCUT2D eigenvalue weighted by Gasteiger charge is -2.36. The summed E-state index contributed by atoms with van der Waals surface area (Å²) in [6, 6.07) is 5.01. The third kappa shape index (κ3) is 12.9. The van der Waals surface area contributed by atoms with Crippen LogP contribution in [-0.2, 0) is 16.8 Å². The molecule has 0 bridgehead atoms. The monoisotopic (exact) mass is 514 g/mol. The summed E-state index contributed by atoms with van der Waals surface area (Å²) in [4.78, 5) is 0. The van der Waals surface area contributed by atoms with E-state index in [1.54, 1.807) is 0 Å². The lowest BCUT2D eigenvalue weighted by Crippen LogP contribution is -2.49. The Hall–Kier alpha value is 1.36. The fourth-order valence-corrected chi connectivity index (χ4v) is 33.1. The van der Waals surface area contributed by atoms with Crippen LogP contribution in [0.2, 0.25) is 103 Å². The van der Waals surface area contributed by atoms with Gasteiger partial charge in [-0.05, 0) is 77.1 Å². The van der Waals surface area contributed by atoms with Crippen molar-refractivity contribution in [2.75, 3.05) is 7.11 Å². The summed E-state index contributed by atoms with van der Waals surface area (Å²) in [7, 11) is -7.72. The molecule has 0 aliphatic carbocycles. The Labute approximate surface area is 185 Å². The van der Waals surface area contributed by atoms with Crippen molar-refractivity contribution in [3.05, 3.63) is 0 Å². The number of rotatable bonds is 14. The second kappa shape index (κ2) is 11.8. The van der Waals surface area contributed by atoms with E-state index in [0.717, 1.165) is 0 Å². The lowest BCUT2D eigenvalue weighted by atomic mass is 10.9. The van der Waals surface area contributed by atoms with Gasteiger partial charge < -0.3 is 16.8 Å². The van der Waals surface area contributed by atoms with E-state index in [-0.39, 0.29) is 0 Å². The molecular weight excluding hydrogens is 465 g/mol. The Morgan fingerprint density at radius 1 is 0.571 bits per heavy atom.